The van der Waals surface area contributed by atoms with Crippen LogP contribution in [-0.4, -0.2) is 190 Å². The van der Waals surface area contributed by atoms with Gasteiger partial charge in [-0.25, -0.2) is 9.97 Å². The summed E-state index contributed by atoms with van der Waals surface area (Å²) >= 11 is 5.77. The molecule has 36 heteroatoms. The van der Waals surface area contributed by atoms with E-state index in [0.717, 1.165) is 6.92 Å². The van der Waals surface area contributed by atoms with Crippen molar-refractivity contribution in [2.24, 2.45) is 61.2 Å². The maximum absolute atomic E-state index is 14.1. The highest BCUT2D eigenvalue weighted by Crippen LogP contribution is 2.18. The number of anilines is 2. The third-order valence-corrected chi connectivity index (χ3v) is 11.3. The molecule has 1 aromatic heterocycles. The van der Waals surface area contributed by atoms with Crippen molar-refractivity contribution in [2.45, 2.75) is 135 Å². The fourth-order valence-corrected chi connectivity index (χ4v) is 7.04. The number of hydrogen-bond acceptors (Lipinski definition) is 20. The van der Waals surface area contributed by atoms with Crippen LogP contribution in [-0.2, 0) is 43.2 Å². The van der Waals surface area contributed by atoms with Crippen LogP contribution in [0.15, 0.2) is 15.0 Å². The number of hydrogen-bond donors (Lipinski definition) is 20. The van der Waals surface area contributed by atoms with Crippen LogP contribution in [0.5, 0.6) is 0 Å². The molecule has 0 aliphatic heterocycles. The highest BCUT2D eigenvalue weighted by Gasteiger charge is 2.35. The molecule has 0 unspecified atom stereocenters. The number of rotatable bonds is 33. The molecule has 454 valence electrons. The Morgan fingerprint density at radius 3 is 1.49 bits per heavy atom. The summed E-state index contributed by atoms with van der Waals surface area (Å²) in [6.07, 6.45) is -1.42. The van der Waals surface area contributed by atoms with Gasteiger partial charge in [0, 0.05) is 13.1 Å². The molecule has 1 heterocycles. The van der Waals surface area contributed by atoms with E-state index in [-0.39, 0.29) is 79.9 Å². The summed E-state index contributed by atoms with van der Waals surface area (Å²) < 4.78 is 0. The number of carbonyl (C=O) groups excluding carboxylic acids is 10. The smallest absolute Gasteiger partial charge is 0.302 e. The maximum Gasteiger partial charge on any atom is 0.302 e. The number of aliphatic hydroxyl groups excluding tert-OH is 3. The van der Waals surface area contributed by atoms with Gasteiger partial charge in [0.05, 0.1) is 31.9 Å². The first-order chi connectivity index (χ1) is 37.8. The Balaban J connectivity index is 3.20. The molecule has 81 heavy (non-hydrogen) atoms. The van der Waals surface area contributed by atoms with Crippen molar-refractivity contribution in [1.82, 2.24) is 57.8 Å². The fraction of sp³-hybridized carbons (Fsp3) is 0.622. The van der Waals surface area contributed by atoms with Gasteiger partial charge in [-0.2, -0.15) is 4.99 Å². The van der Waals surface area contributed by atoms with E-state index in [2.05, 4.69) is 67.5 Å². The zero-order chi connectivity index (χ0) is 61.8. The standard InChI is InChI=1S/C45H79ClN22O13/c1-18(2)13-24(61-40(79)26(16-69)62-35(74)22(47)9-7-11-55-43(50)51)37(76)63-27(17-70)39(78)59-23(10-8-12-56-44(52)53)36(75)60-25(14-19(3)4)38(77)66-29(21(6)71)41(80)58-20(5)34(73)57-15-28(72)64-45(54)68-42(81)30-32(48)67-33(49)31(46)65-30/h18-27,29,69-71H,7-17,47H2,1-6H3,(H,57,73)(H,58,80)(H,59,78)(H,60,75)(H,61,79)(H,62,74)(H,63,76)(H,66,77)(H4,48,49,67)(H4,50,51,55)(H4,52,53,56)(H3,54,64,68,72,81)/t20-,21+,22-,23-,24-,25-,26-,27-,29-/m0/s1. The number of carbonyl (C=O) groups is 10. The van der Waals surface area contributed by atoms with Gasteiger partial charge in [0.25, 0.3) is 0 Å². The number of aliphatic imine (C=N–C) groups is 3. The summed E-state index contributed by atoms with van der Waals surface area (Å²) in [5.74, 6) is -12.4. The molecule has 0 aliphatic carbocycles. The van der Waals surface area contributed by atoms with E-state index in [9.17, 15) is 63.3 Å². The Kier molecular flexibility index (Phi) is 30.9. The van der Waals surface area contributed by atoms with Crippen LogP contribution in [0.25, 0.3) is 0 Å². The number of nitrogens with two attached hydrogens (primary N) is 8. The average Bonchev–Trinajstić information content (AvgIpc) is 3.38. The number of aromatic nitrogens is 2. The van der Waals surface area contributed by atoms with Crippen molar-refractivity contribution in [3.05, 3.63) is 10.8 Å². The highest BCUT2D eigenvalue weighted by molar-refractivity contribution is 6.31. The minimum absolute atomic E-state index is 0.0347. The van der Waals surface area contributed by atoms with Crippen molar-refractivity contribution in [1.29, 1.82) is 0 Å². The Hall–Kier alpha value is -8.28. The SMILES string of the molecule is CC(C)C[C@H](NC(=O)[C@H](CO)NC(=O)[C@@H](N)CCCN=C(N)N)C(=O)N[C@@H](CO)C(=O)N[C@@H](CCCN=C(N)N)C(=O)N[C@@H](CC(C)C)C(=O)N[C@H](C(=O)N[C@@H](C)C(=O)NCC(=O)NC(N)=NC(=O)c1nc(Cl)c(N)nc1N)[C@@H](C)O. The lowest BCUT2D eigenvalue weighted by Gasteiger charge is -2.28. The van der Waals surface area contributed by atoms with Gasteiger partial charge in [-0.05, 0) is 64.2 Å². The van der Waals surface area contributed by atoms with E-state index in [1.54, 1.807) is 27.7 Å². The van der Waals surface area contributed by atoms with Crippen LogP contribution in [0.1, 0.15) is 90.6 Å². The Labute approximate surface area is 470 Å². The molecule has 0 spiro atoms. The molecular formula is C45H79ClN22O13. The minimum atomic E-state index is -1.75. The second-order valence-electron chi connectivity index (χ2n) is 19.1. The highest BCUT2D eigenvalue weighted by atomic mass is 35.5. The lowest BCUT2D eigenvalue weighted by atomic mass is 10.0. The van der Waals surface area contributed by atoms with Crippen molar-refractivity contribution < 1.29 is 63.3 Å². The predicted octanol–water partition coefficient (Wildman–Crippen LogP) is -8.71. The van der Waals surface area contributed by atoms with Gasteiger partial charge in [-0.3, -0.25) is 63.2 Å². The Bertz CT molecular complexity index is 2460. The molecular weight excluding hydrogens is 1090 g/mol. The van der Waals surface area contributed by atoms with Gasteiger partial charge in [0.2, 0.25) is 59.1 Å². The van der Waals surface area contributed by atoms with Crippen molar-refractivity contribution >= 4 is 100 Å². The summed E-state index contributed by atoms with van der Waals surface area (Å²) in [5.41, 5.74) is 43.7. The summed E-state index contributed by atoms with van der Waals surface area (Å²) in [6, 6.07) is -11.9. The van der Waals surface area contributed by atoms with E-state index in [4.69, 9.17) is 57.5 Å². The van der Waals surface area contributed by atoms with Crippen LogP contribution in [0, 0.1) is 11.8 Å². The number of guanidine groups is 3. The van der Waals surface area contributed by atoms with Crippen LogP contribution in [0.2, 0.25) is 5.15 Å². The normalized spacial score (nSPS) is 14.6. The molecule has 35 nitrogen and oxygen atoms in total. The van der Waals surface area contributed by atoms with Crippen LogP contribution in [0.3, 0.4) is 0 Å². The number of amides is 10. The number of aliphatic hydroxyl groups is 3. The van der Waals surface area contributed by atoms with Gasteiger partial charge in [0.15, 0.2) is 34.4 Å². The fourth-order valence-electron chi connectivity index (χ4n) is 6.91. The summed E-state index contributed by atoms with van der Waals surface area (Å²) in [6.45, 7) is 6.64. The molecule has 9 atom stereocenters. The van der Waals surface area contributed by atoms with Crippen LogP contribution < -0.4 is 93.7 Å². The van der Waals surface area contributed by atoms with Crippen molar-refractivity contribution in [3.63, 3.8) is 0 Å². The number of halogens is 1. The molecule has 1 rings (SSSR count). The number of nitrogens with one attached hydrogen (secondary N) is 9. The topological polar surface area (TPSA) is 611 Å². The van der Waals surface area contributed by atoms with Gasteiger partial charge in [0.1, 0.15) is 42.3 Å². The largest absolute Gasteiger partial charge is 0.394 e. The zero-order valence-corrected chi connectivity index (χ0v) is 46.5. The summed E-state index contributed by atoms with van der Waals surface area (Å²) in [4.78, 5) is 151. The maximum atomic E-state index is 14.1. The first kappa shape index (κ1) is 70.7. The van der Waals surface area contributed by atoms with Gasteiger partial charge in [-0.1, -0.05) is 39.3 Å². The second kappa shape index (κ2) is 35.4. The predicted molar refractivity (Wildman–Crippen MR) is 295 cm³/mol. The average molecular weight is 1170 g/mol. The molecule has 0 aromatic carbocycles. The monoisotopic (exact) mass is 1170 g/mol. The van der Waals surface area contributed by atoms with Crippen molar-refractivity contribution in [2.75, 3.05) is 44.3 Å². The lowest BCUT2D eigenvalue weighted by molar-refractivity contribution is -0.137. The first-order valence-electron chi connectivity index (χ1n) is 25.2. The summed E-state index contributed by atoms with van der Waals surface area (Å²) in [5, 5.41) is 51.6. The van der Waals surface area contributed by atoms with Gasteiger partial charge in [-0.15, -0.1) is 0 Å². The van der Waals surface area contributed by atoms with E-state index < -0.39 is 151 Å². The van der Waals surface area contributed by atoms with E-state index in [1.807, 2.05) is 5.32 Å². The molecule has 0 aliphatic rings. The molecule has 28 N–H and O–H groups in total. The molecule has 1 aromatic rings. The molecule has 0 bridgehead atoms. The van der Waals surface area contributed by atoms with E-state index in [0.29, 0.717) is 6.42 Å². The molecule has 0 fully saturated rings. The Morgan fingerprint density at radius 2 is 1.01 bits per heavy atom. The number of nitrogen functional groups attached to an aromatic ring is 2. The van der Waals surface area contributed by atoms with Gasteiger partial charge >= 0.3 is 5.91 Å². The third-order valence-electron chi connectivity index (χ3n) is 11.0. The molecule has 10 amide bonds. The van der Waals surface area contributed by atoms with Gasteiger partial charge < -0.3 is 104 Å². The Morgan fingerprint density at radius 1 is 0.568 bits per heavy atom. The first-order valence-corrected chi connectivity index (χ1v) is 25.6. The zero-order valence-electron chi connectivity index (χ0n) is 45.8. The lowest BCUT2D eigenvalue weighted by Crippen LogP contribution is -2.62. The number of nitrogens with zero attached hydrogens (tertiary/aromatic N) is 5. The minimum Gasteiger partial charge on any atom is -0.394 e. The second-order valence-corrected chi connectivity index (χ2v) is 19.5. The quantitative estimate of drug-likeness (QED) is 0.0177. The molecule has 0 saturated carbocycles. The van der Waals surface area contributed by atoms with Crippen LogP contribution in [0.4, 0.5) is 11.6 Å². The molecule has 0 saturated heterocycles. The summed E-state index contributed by atoms with van der Waals surface area (Å²) in [7, 11) is 0. The van der Waals surface area contributed by atoms with E-state index in [1.165, 1.54) is 6.92 Å². The van der Waals surface area contributed by atoms with Crippen LogP contribution >= 0.6 is 11.6 Å². The molecule has 0 radical (unpaired) electrons. The van der Waals surface area contributed by atoms with Crippen molar-refractivity contribution in [3.8, 4) is 0 Å². The van der Waals surface area contributed by atoms with E-state index >= 15 is 0 Å². The third kappa shape index (κ3) is 26.5.